The molecule has 0 rings (SSSR count). The molecule has 3 N–H and O–H groups in total. The molecule has 0 aliphatic carbocycles. The second kappa shape index (κ2) is 19.1. The Labute approximate surface area is 101 Å². The van der Waals surface area contributed by atoms with Crippen LogP contribution in [0.4, 0.5) is 0 Å². The summed E-state index contributed by atoms with van der Waals surface area (Å²) in [5.41, 5.74) is 2.68. The van der Waals surface area contributed by atoms with Gasteiger partial charge in [-0.25, -0.2) is 0 Å². The van der Waals surface area contributed by atoms with Crippen molar-refractivity contribution in [1.82, 2.24) is 5.43 Å². The Kier molecular flexibility index (Phi) is 27.3. The highest BCUT2D eigenvalue weighted by atomic mass is 35.5. The molecule has 0 aromatic carbocycles. The van der Waals surface area contributed by atoms with E-state index in [-0.39, 0.29) is 24.8 Å². The summed E-state index contributed by atoms with van der Waals surface area (Å²) in [6.45, 7) is 3.22. The number of nitrogens with two attached hydrogens (primary N) is 1. The first-order valence-corrected chi connectivity index (χ1v) is 5.35. The third kappa shape index (κ3) is 18.3. The van der Waals surface area contributed by atoms with Crippen LogP contribution in [0.15, 0.2) is 0 Å². The van der Waals surface area contributed by atoms with Gasteiger partial charge in [0.15, 0.2) is 0 Å². The minimum atomic E-state index is 0. The monoisotopic (exact) mass is 244 g/mol. The molecule has 0 spiro atoms. The summed E-state index contributed by atoms with van der Waals surface area (Å²) in [4.78, 5) is 0. The van der Waals surface area contributed by atoms with Crippen LogP contribution < -0.4 is 11.3 Å². The van der Waals surface area contributed by atoms with E-state index in [9.17, 15) is 0 Å². The summed E-state index contributed by atoms with van der Waals surface area (Å²) in [6, 6.07) is 0. The van der Waals surface area contributed by atoms with Crippen LogP contribution in [0.5, 0.6) is 0 Å². The van der Waals surface area contributed by atoms with Crippen LogP contribution in [0.25, 0.3) is 0 Å². The van der Waals surface area contributed by atoms with Crippen molar-refractivity contribution in [2.24, 2.45) is 5.84 Å². The average Bonchev–Trinajstić information content (AvgIpc) is 2.10. The molecule has 4 heteroatoms. The lowest BCUT2D eigenvalue weighted by Gasteiger charge is -2.00. The summed E-state index contributed by atoms with van der Waals surface area (Å²) in [5, 5.41) is 0. The third-order valence-corrected chi connectivity index (χ3v) is 2.17. The van der Waals surface area contributed by atoms with Gasteiger partial charge in [-0.3, -0.25) is 11.3 Å². The number of hydrazine groups is 1. The molecule has 2 nitrogen and oxygen atoms in total. The molecule has 0 atom stereocenters. The molecule has 0 unspecified atom stereocenters. The van der Waals surface area contributed by atoms with E-state index in [2.05, 4.69) is 12.3 Å². The van der Waals surface area contributed by atoms with E-state index in [1.807, 2.05) is 0 Å². The Balaban J connectivity index is -0.000000605. The van der Waals surface area contributed by atoms with Crippen LogP contribution in [0.1, 0.15) is 58.3 Å². The highest BCUT2D eigenvalue weighted by Gasteiger charge is 1.89. The Hall–Kier alpha value is 0.500. The first kappa shape index (κ1) is 20.0. The molecule has 0 aliphatic heterocycles. The molecule has 0 heterocycles. The maximum absolute atomic E-state index is 5.16. The Morgan fingerprint density at radius 3 is 1.64 bits per heavy atom. The number of halogens is 2. The largest absolute Gasteiger partial charge is 0.271 e. The van der Waals surface area contributed by atoms with E-state index >= 15 is 0 Å². The molecule has 14 heavy (non-hydrogen) atoms. The summed E-state index contributed by atoms with van der Waals surface area (Å²) < 4.78 is 0. The Morgan fingerprint density at radius 1 is 0.786 bits per heavy atom. The lowest BCUT2D eigenvalue weighted by molar-refractivity contribution is 0.560. The van der Waals surface area contributed by atoms with Gasteiger partial charge in [0.05, 0.1) is 0 Å². The van der Waals surface area contributed by atoms with Crippen molar-refractivity contribution in [2.45, 2.75) is 58.3 Å². The van der Waals surface area contributed by atoms with E-state index in [4.69, 9.17) is 5.84 Å². The van der Waals surface area contributed by atoms with Crippen molar-refractivity contribution >= 4 is 24.8 Å². The lowest BCUT2D eigenvalue weighted by atomic mass is 10.1. The molecule has 0 amide bonds. The van der Waals surface area contributed by atoms with Gasteiger partial charge in [-0.2, -0.15) is 0 Å². The van der Waals surface area contributed by atoms with Crippen LogP contribution in [0.3, 0.4) is 0 Å². The van der Waals surface area contributed by atoms with Gasteiger partial charge in [-0.15, -0.1) is 24.8 Å². The standard InChI is InChI=1S/C10H24N2.2ClH/c1-2-3-4-5-6-7-8-9-10-12-11;;/h12H,2-11H2,1H3;2*1H. The fraction of sp³-hybridized carbons (Fsp3) is 1.00. The molecular formula is C10H26Cl2N2. The topological polar surface area (TPSA) is 38.0 Å². The predicted molar refractivity (Wildman–Crippen MR) is 69.3 cm³/mol. The lowest BCUT2D eigenvalue weighted by Crippen LogP contribution is -2.22. The molecule has 0 aliphatic rings. The van der Waals surface area contributed by atoms with Crippen LogP contribution in [-0.2, 0) is 0 Å². The second-order valence-electron chi connectivity index (χ2n) is 3.43. The predicted octanol–water partition coefficient (Wildman–Crippen LogP) is 3.43. The summed E-state index contributed by atoms with van der Waals surface area (Å²) in [5.74, 6) is 5.16. The summed E-state index contributed by atoms with van der Waals surface area (Å²) >= 11 is 0. The minimum absolute atomic E-state index is 0. The Bertz CT molecular complexity index is 72.5. The van der Waals surface area contributed by atoms with Gasteiger partial charge in [0.2, 0.25) is 0 Å². The van der Waals surface area contributed by atoms with Crippen LogP contribution >= 0.6 is 24.8 Å². The van der Waals surface area contributed by atoms with Crippen molar-refractivity contribution in [3.05, 3.63) is 0 Å². The van der Waals surface area contributed by atoms with Gasteiger partial charge in [0, 0.05) is 6.54 Å². The molecule has 0 fully saturated rings. The van der Waals surface area contributed by atoms with E-state index in [0.29, 0.717) is 0 Å². The van der Waals surface area contributed by atoms with Gasteiger partial charge >= 0.3 is 0 Å². The van der Waals surface area contributed by atoms with Crippen LogP contribution in [0, 0.1) is 0 Å². The number of hydrogen-bond donors (Lipinski definition) is 2. The van der Waals surface area contributed by atoms with Crippen LogP contribution in [0.2, 0.25) is 0 Å². The molecule has 0 radical (unpaired) electrons. The van der Waals surface area contributed by atoms with Gasteiger partial charge in [0.1, 0.15) is 0 Å². The Morgan fingerprint density at radius 2 is 1.21 bits per heavy atom. The maximum atomic E-state index is 5.16. The smallest absolute Gasteiger partial charge is 0.00974 e. The normalized spacial score (nSPS) is 9.00. The quantitative estimate of drug-likeness (QED) is 0.371. The SMILES string of the molecule is CCCCCCCCCCNN.Cl.Cl. The van der Waals surface area contributed by atoms with E-state index < -0.39 is 0 Å². The fourth-order valence-electron chi connectivity index (χ4n) is 1.36. The first-order valence-electron chi connectivity index (χ1n) is 5.35. The zero-order chi connectivity index (χ0) is 9.07. The van der Waals surface area contributed by atoms with Crippen LogP contribution in [-0.4, -0.2) is 6.54 Å². The molecule has 0 saturated heterocycles. The first-order chi connectivity index (χ1) is 5.91. The summed E-state index contributed by atoms with van der Waals surface area (Å²) in [7, 11) is 0. The number of hydrogen-bond acceptors (Lipinski definition) is 2. The van der Waals surface area contributed by atoms with Crippen molar-refractivity contribution < 1.29 is 0 Å². The highest BCUT2D eigenvalue weighted by molar-refractivity contribution is 5.85. The van der Waals surface area contributed by atoms with Crippen molar-refractivity contribution in [3.8, 4) is 0 Å². The summed E-state index contributed by atoms with van der Waals surface area (Å²) in [6.07, 6.45) is 10.9. The molecule has 0 aromatic heterocycles. The number of unbranched alkanes of at least 4 members (excludes halogenated alkanes) is 7. The third-order valence-electron chi connectivity index (χ3n) is 2.17. The zero-order valence-corrected chi connectivity index (χ0v) is 10.9. The maximum Gasteiger partial charge on any atom is 0.00974 e. The fourth-order valence-corrected chi connectivity index (χ4v) is 1.36. The van der Waals surface area contributed by atoms with E-state index in [0.717, 1.165) is 6.54 Å². The van der Waals surface area contributed by atoms with Gasteiger partial charge in [-0.1, -0.05) is 51.9 Å². The van der Waals surface area contributed by atoms with E-state index in [1.54, 1.807) is 0 Å². The van der Waals surface area contributed by atoms with Gasteiger partial charge in [-0.05, 0) is 6.42 Å². The minimum Gasteiger partial charge on any atom is -0.271 e. The zero-order valence-electron chi connectivity index (χ0n) is 9.26. The number of nitrogens with one attached hydrogen (secondary N) is 1. The molecular weight excluding hydrogens is 219 g/mol. The molecule has 0 bridgehead atoms. The van der Waals surface area contributed by atoms with E-state index in [1.165, 1.54) is 51.4 Å². The van der Waals surface area contributed by atoms with Gasteiger partial charge < -0.3 is 0 Å². The highest BCUT2D eigenvalue weighted by Crippen LogP contribution is 2.07. The molecule has 90 valence electrons. The molecule has 0 saturated carbocycles. The van der Waals surface area contributed by atoms with Crippen molar-refractivity contribution in [1.29, 1.82) is 0 Å². The number of rotatable bonds is 9. The second-order valence-corrected chi connectivity index (χ2v) is 3.43. The average molecular weight is 245 g/mol. The molecule has 0 aromatic rings. The van der Waals surface area contributed by atoms with Gasteiger partial charge in [0.25, 0.3) is 0 Å². The van der Waals surface area contributed by atoms with Crippen molar-refractivity contribution in [2.75, 3.05) is 6.54 Å². The van der Waals surface area contributed by atoms with Crippen molar-refractivity contribution in [3.63, 3.8) is 0 Å².